The van der Waals surface area contributed by atoms with Crippen LogP contribution in [0.25, 0.3) is 0 Å². The highest BCUT2D eigenvalue weighted by atomic mass is 32.2. The minimum Gasteiger partial charge on any atom is -0.379 e. The summed E-state index contributed by atoms with van der Waals surface area (Å²) in [5, 5.41) is 0.735. The molecule has 2 aliphatic rings. The predicted molar refractivity (Wildman–Crippen MR) is 67.8 cm³/mol. The number of carbonyl (C=O) groups is 1. The second-order valence-electron chi connectivity index (χ2n) is 4.48. The largest absolute Gasteiger partial charge is 0.379 e. The van der Waals surface area contributed by atoms with Gasteiger partial charge < -0.3 is 9.64 Å². The molecule has 5 nitrogen and oxygen atoms in total. The molecule has 6 heteroatoms. The lowest BCUT2D eigenvalue weighted by Crippen LogP contribution is -2.45. The van der Waals surface area contributed by atoms with Crippen molar-refractivity contribution in [2.45, 2.75) is 24.0 Å². The van der Waals surface area contributed by atoms with Crippen LogP contribution >= 0.6 is 11.8 Å². The zero-order valence-electron chi connectivity index (χ0n) is 10.3. The zero-order valence-corrected chi connectivity index (χ0v) is 11.1. The van der Waals surface area contributed by atoms with E-state index in [-0.39, 0.29) is 11.9 Å². The zero-order chi connectivity index (χ0) is 12.5. The van der Waals surface area contributed by atoms with Gasteiger partial charge in [-0.1, -0.05) is 11.8 Å². The minimum atomic E-state index is 0.0550. The van der Waals surface area contributed by atoms with Gasteiger partial charge in [0.15, 0.2) is 5.16 Å². The number of hydrogen-bond acceptors (Lipinski definition) is 5. The fourth-order valence-corrected chi connectivity index (χ4v) is 2.82. The van der Waals surface area contributed by atoms with Crippen LogP contribution in [0.5, 0.6) is 0 Å². The van der Waals surface area contributed by atoms with Crippen molar-refractivity contribution in [3.63, 3.8) is 0 Å². The SMILES string of the molecule is CSc1ncc2c(n1)CCN(C1CCOC1)C2=O. The van der Waals surface area contributed by atoms with Crippen molar-refractivity contribution in [1.82, 2.24) is 14.9 Å². The number of amides is 1. The predicted octanol–water partition coefficient (Wildman–Crippen LogP) is 0.986. The highest BCUT2D eigenvalue weighted by Crippen LogP contribution is 2.23. The molecule has 1 unspecified atom stereocenters. The monoisotopic (exact) mass is 265 g/mol. The standard InChI is InChI=1S/C12H15N3O2S/c1-18-12-13-6-9-10(14-12)2-4-15(11(9)16)8-3-5-17-7-8/h6,8H,2-5,7H2,1H3. The Morgan fingerprint density at radius 3 is 3.17 bits per heavy atom. The topological polar surface area (TPSA) is 55.3 Å². The lowest BCUT2D eigenvalue weighted by atomic mass is 10.0. The Balaban J connectivity index is 1.87. The van der Waals surface area contributed by atoms with Crippen molar-refractivity contribution in [3.05, 3.63) is 17.5 Å². The average Bonchev–Trinajstić information content (AvgIpc) is 2.92. The summed E-state index contributed by atoms with van der Waals surface area (Å²) in [6.07, 6.45) is 5.35. The molecular weight excluding hydrogens is 250 g/mol. The van der Waals surface area contributed by atoms with Gasteiger partial charge in [-0.05, 0) is 12.7 Å². The summed E-state index contributed by atoms with van der Waals surface area (Å²) < 4.78 is 5.35. The van der Waals surface area contributed by atoms with Gasteiger partial charge in [-0.25, -0.2) is 9.97 Å². The van der Waals surface area contributed by atoms with E-state index in [0.717, 1.165) is 36.8 Å². The number of rotatable bonds is 2. The molecule has 1 fully saturated rings. The van der Waals surface area contributed by atoms with Crippen LogP contribution in [0, 0.1) is 0 Å². The summed E-state index contributed by atoms with van der Waals surface area (Å²) in [6.45, 7) is 2.15. The molecule has 0 saturated carbocycles. The molecule has 0 bridgehead atoms. The van der Waals surface area contributed by atoms with Gasteiger partial charge in [0.25, 0.3) is 5.91 Å². The van der Waals surface area contributed by atoms with Gasteiger partial charge in [-0.3, -0.25) is 4.79 Å². The van der Waals surface area contributed by atoms with E-state index in [1.165, 1.54) is 11.8 Å². The lowest BCUT2D eigenvalue weighted by molar-refractivity contribution is 0.0632. The van der Waals surface area contributed by atoms with Gasteiger partial charge in [-0.15, -0.1) is 0 Å². The second kappa shape index (κ2) is 4.85. The number of nitrogens with zero attached hydrogens (tertiary/aromatic N) is 3. The highest BCUT2D eigenvalue weighted by Gasteiger charge is 2.33. The van der Waals surface area contributed by atoms with E-state index >= 15 is 0 Å². The molecular formula is C12H15N3O2S. The average molecular weight is 265 g/mol. The number of hydrogen-bond donors (Lipinski definition) is 0. The quantitative estimate of drug-likeness (QED) is 0.589. The van der Waals surface area contributed by atoms with Crippen LogP contribution in [0.4, 0.5) is 0 Å². The van der Waals surface area contributed by atoms with Crippen molar-refractivity contribution in [1.29, 1.82) is 0 Å². The second-order valence-corrected chi connectivity index (χ2v) is 5.26. The first-order valence-corrected chi connectivity index (χ1v) is 7.30. The Labute approximate surface area is 110 Å². The normalized spacial score (nSPS) is 23.3. The van der Waals surface area contributed by atoms with Crippen molar-refractivity contribution in [2.75, 3.05) is 26.0 Å². The molecule has 0 radical (unpaired) electrons. The van der Waals surface area contributed by atoms with Crippen molar-refractivity contribution < 1.29 is 9.53 Å². The first-order chi connectivity index (χ1) is 8.79. The Hall–Kier alpha value is -1.14. The van der Waals surface area contributed by atoms with E-state index < -0.39 is 0 Å². The van der Waals surface area contributed by atoms with Crippen LogP contribution in [0.2, 0.25) is 0 Å². The summed E-state index contributed by atoms with van der Waals surface area (Å²) in [6, 6.07) is 0.228. The van der Waals surface area contributed by atoms with Crippen LogP contribution < -0.4 is 0 Å². The maximum atomic E-state index is 12.4. The summed E-state index contributed by atoms with van der Waals surface area (Å²) in [7, 11) is 0. The first kappa shape index (κ1) is 11.9. The number of thioether (sulfide) groups is 1. The molecule has 0 N–H and O–H groups in total. The van der Waals surface area contributed by atoms with Crippen LogP contribution in [0.1, 0.15) is 22.5 Å². The summed E-state index contributed by atoms with van der Waals surface area (Å²) in [5.41, 5.74) is 1.54. The molecule has 1 amide bonds. The van der Waals surface area contributed by atoms with Gasteiger partial charge in [0, 0.05) is 25.8 Å². The fraction of sp³-hybridized carbons (Fsp3) is 0.583. The molecule has 3 heterocycles. The Kier molecular flexibility index (Phi) is 3.22. The van der Waals surface area contributed by atoms with Gasteiger partial charge >= 0.3 is 0 Å². The molecule has 2 aliphatic heterocycles. The highest BCUT2D eigenvalue weighted by molar-refractivity contribution is 7.98. The van der Waals surface area contributed by atoms with Gasteiger partial charge in [-0.2, -0.15) is 0 Å². The molecule has 0 spiro atoms. The summed E-state index contributed by atoms with van der Waals surface area (Å²) in [4.78, 5) is 22.9. The number of fused-ring (bicyclic) bond motifs is 1. The molecule has 0 aliphatic carbocycles. The maximum absolute atomic E-state index is 12.4. The molecule has 1 aromatic heterocycles. The minimum absolute atomic E-state index is 0.0550. The van der Waals surface area contributed by atoms with Gasteiger partial charge in [0.2, 0.25) is 0 Å². The van der Waals surface area contributed by atoms with Crippen molar-refractivity contribution in [2.24, 2.45) is 0 Å². The Bertz CT molecular complexity index is 474. The molecule has 96 valence electrons. The fourth-order valence-electron chi connectivity index (χ4n) is 2.47. The third kappa shape index (κ3) is 1.99. The van der Waals surface area contributed by atoms with E-state index in [2.05, 4.69) is 9.97 Å². The lowest BCUT2D eigenvalue weighted by Gasteiger charge is -2.32. The third-order valence-electron chi connectivity index (χ3n) is 3.46. The number of carbonyl (C=O) groups excluding carboxylic acids is 1. The number of aromatic nitrogens is 2. The van der Waals surface area contributed by atoms with Crippen LogP contribution in [0.3, 0.4) is 0 Å². The van der Waals surface area contributed by atoms with E-state index in [0.29, 0.717) is 12.2 Å². The van der Waals surface area contributed by atoms with Crippen LogP contribution in [-0.2, 0) is 11.2 Å². The summed E-state index contributed by atoms with van der Waals surface area (Å²) >= 11 is 1.50. The molecule has 0 aromatic carbocycles. The smallest absolute Gasteiger partial charge is 0.257 e. The first-order valence-electron chi connectivity index (χ1n) is 6.08. The Morgan fingerprint density at radius 2 is 2.44 bits per heavy atom. The molecule has 1 aromatic rings. The molecule has 1 saturated heterocycles. The van der Waals surface area contributed by atoms with E-state index in [4.69, 9.17) is 4.74 Å². The van der Waals surface area contributed by atoms with Gasteiger partial charge in [0.05, 0.1) is 23.9 Å². The van der Waals surface area contributed by atoms with Crippen molar-refractivity contribution >= 4 is 17.7 Å². The molecule has 1 atom stereocenters. The maximum Gasteiger partial charge on any atom is 0.257 e. The number of ether oxygens (including phenoxy) is 1. The summed E-state index contributed by atoms with van der Waals surface area (Å²) in [5.74, 6) is 0.0550. The van der Waals surface area contributed by atoms with Gasteiger partial charge in [0.1, 0.15) is 0 Å². The van der Waals surface area contributed by atoms with Crippen LogP contribution in [0.15, 0.2) is 11.4 Å². The molecule has 18 heavy (non-hydrogen) atoms. The van der Waals surface area contributed by atoms with Crippen molar-refractivity contribution in [3.8, 4) is 0 Å². The van der Waals surface area contributed by atoms with Crippen LogP contribution in [-0.4, -0.2) is 52.8 Å². The Morgan fingerprint density at radius 1 is 1.56 bits per heavy atom. The third-order valence-corrected chi connectivity index (χ3v) is 4.02. The van der Waals surface area contributed by atoms with E-state index in [9.17, 15) is 4.79 Å². The van der Waals surface area contributed by atoms with E-state index in [1.807, 2.05) is 11.2 Å². The van der Waals surface area contributed by atoms with E-state index in [1.54, 1.807) is 6.20 Å². The molecule has 3 rings (SSSR count).